The molecule has 0 atom stereocenters. The van der Waals surface area contributed by atoms with Gasteiger partial charge in [0.25, 0.3) is 11.1 Å². The average molecular weight is 571 g/mol. The number of benzene rings is 1. The fourth-order valence-corrected chi connectivity index (χ4v) is 5.98. The van der Waals surface area contributed by atoms with E-state index in [1.807, 2.05) is 0 Å². The zero-order chi connectivity index (χ0) is 28.8. The fraction of sp³-hybridized carbons (Fsp3) is 0.360. The molecule has 3 aromatic heterocycles. The van der Waals surface area contributed by atoms with Crippen LogP contribution < -0.4 is 26.8 Å². The molecule has 0 spiro atoms. The second-order valence-electron chi connectivity index (χ2n) is 10.3. The molecule has 0 saturated heterocycles. The molecule has 0 bridgehead atoms. The van der Waals surface area contributed by atoms with E-state index in [2.05, 4.69) is 15.0 Å². The Labute approximate surface area is 227 Å². The molecule has 13 nitrogen and oxygen atoms in total. The molecule has 4 aromatic rings. The van der Waals surface area contributed by atoms with E-state index in [-0.39, 0.29) is 52.3 Å². The van der Waals surface area contributed by atoms with Gasteiger partial charge >= 0.3 is 15.9 Å². The van der Waals surface area contributed by atoms with Gasteiger partial charge in [0.2, 0.25) is 5.95 Å². The topological polar surface area (TPSA) is 145 Å². The second kappa shape index (κ2) is 8.63. The molecule has 210 valence electrons. The summed E-state index contributed by atoms with van der Waals surface area (Å²) in [6, 6.07) is 4.17. The first-order valence-electron chi connectivity index (χ1n) is 12.6. The van der Waals surface area contributed by atoms with Crippen molar-refractivity contribution < 1.29 is 12.8 Å². The minimum Gasteiger partial charge on any atom is -0.338 e. The predicted octanol–water partition coefficient (Wildman–Crippen LogP) is 1.52. The Balaban J connectivity index is 1.73. The highest BCUT2D eigenvalue weighted by molar-refractivity contribution is 7.90. The highest BCUT2D eigenvalue weighted by Gasteiger charge is 2.35. The summed E-state index contributed by atoms with van der Waals surface area (Å²) < 4.78 is 48.4. The Morgan fingerprint density at radius 1 is 1.05 bits per heavy atom. The number of aryl methyl sites for hydroxylation is 2. The molecule has 1 aromatic carbocycles. The van der Waals surface area contributed by atoms with Gasteiger partial charge in [-0.3, -0.25) is 23.4 Å². The number of aromatic nitrogens is 5. The smallest absolute Gasteiger partial charge is 0.338 e. The molecular weight excluding hydrogens is 543 g/mol. The van der Waals surface area contributed by atoms with Gasteiger partial charge in [0, 0.05) is 32.7 Å². The van der Waals surface area contributed by atoms with E-state index >= 15 is 0 Å². The number of nitrogens with one attached hydrogen (secondary N) is 2. The lowest BCUT2D eigenvalue weighted by Crippen LogP contribution is -2.42. The van der Waals surface area contributed by atoms with E-state index in [1.165, 1.54) is 42.3 Å². The van der Waals surface area contributed by atoms with Crippen molar-refractivity contribution in [2.24, 2.45) is 14.1 Å². The Morgan fingerprint density at radius 2 is 1.75 bits per heavy atom. The third kappa shape index (κ3) is 3.71. The first kappa shape index (κ1) is 26.0. The van der Waals surface area contributed by atoms with Gasteiger partial charge in [0.15, 0.2) is 5.82 Å². The van der Waals surface area contributed by atoms with Crippen LogP contribution in [0, 0.1) is 19.7 Å². The number of rotatable bonds is 4. The SMILES string of the molecule is Cc1ccc(Nc2c3c(=O)n(C4CC4)c(=O)n(-c4nc5c(n4C)CN(C)S(=O)(=O)N5)c3c(C)c(=O)n2C)c(F)c1. The summed E-state index contributed by atoms with van der Waals surface area (Å²) in [5.41, 5.74) is -0.509. The van der Waals surface area contributed by atoms with Crippen molar-refractivity contribution in [3.05, 3.63) is 72.0 Å². The Kier molecular flexibility index (Phi) is 5.61. The third-order valence-corrected chi connectivity index (χ3v) is 8.93. The van der Waals surface area contributed by atoms with Crippen LogP contribution in [0.15, 0.2) is 32.6 Å². The number of imidazole rings is 1. The van der Waals surface area contributed by atoms with Crippen LogP contribution in [-0.4, -0.2) is 43.0 Å². The summed E-state index contributed by atoms with van der Waals surface area (Å²) in [5.74, 6) is -0.497. The van der Waals surface area contributed by atoms with Crippen molar-refractivity contribution in [2.75, 3.05) is 17.1 Å². The maximum atomic E-state index is 14.9. The van der Waals surface area contributed by atoms with E-state index in [0.717, 1.165) is 8.87 Å². The number of nitrogens with zero attached hydrogens (tertiary/aromatic N) is 6. The quantitative estimate of drug-likeness (QED) is 0.378. The zero-order valence-corrected chi connectivity index (χ0v) is 23.3. The number of hydrogen-bond donors (Lipinski definition) is 2. The van der Waals surface area contributed by atoms with Crippen molar-refractivity contribution in [1.82, 2.24) is 27.6 Å². The largest absolute Gasteiger partial charge is 0.338 e. The van der Waals surface area contributed by atoms with Gasteiger partial charge in [-0.2, -0.15) is 17.7 Å². The molecule has 1 saturated carbocycles. The van der Waals surface area contributed by atoms with Crippen molar-refractivity contribution in [2.45, 2.75) is 39.3 Å². The third-order valence-electron chi connectivity index (χ3n) is 7.53. The molecule has 40 heavy (non-hydrogen) atoms. The minimum absolute atomic E-state index is 0.00439. The van der Waals surface area contributed by atoms with Crippen LogP contribution in [0.1, 0.15) is 35.7 Å². The van der Waals surface area contributed by atoms with E-state index in [0.29, 0.717) is 24.1 Å². The van der Waals surface area contributed by atoms with Gasteiger partial charge in [-0.1, -0.05) is 6.07 Å². The van der Waals surface area contributed by atoms with Gasteiger partial charge in [0.1, 0.15) is 17.0 Å². The van der Waals surface area contributed by atoms with Gasteiger partial charge < -0.3 is 9.88 Å². The molecule has 4 heterocycles. The van der Waals surface area contributed by atoms with E-state index in [1.54, 1.807) is 24.6 Å². The molecule has 0 unspecified atom stereocenters. The summed E-state index contributed by atoms with van der Waals surface area (Å²) >= 11 is 0. The molecule has 1 aliphatic carbocycles. The maximum Gasteiger partial charge on any atom is 0.338 e. The highest BCUT2D eigenvalue weighted by Crippen LogP contribution is 2.35. The Morgan fingerprint density at radius 3 is 2.40 bits per heavy atom. The van der Waals surface area contributed by atoms with Crippen molar-refractivity contribution >= 4 is 38.4 Å². The van der Waals surface area contributed by atoms with Crippen LogP contribution in [0.2, 0.25) is 0 Å². The van der Waals surface area contributed by atoms with Crippen molar-refractivity contribution in [1.29, 1.82) is 0 Å². The molecule has 0 amide bonds. The molecule has 6 rings (SSSR count). The lowest BCUT2D eigenvalue weighted by atomic mass is 10.1. The monoisotopic (exact) mass is 570 g/mol. The van der Waals surface area contributed by atoms with Crippen LogP contribution in [0.25, 0.3) is 16.9 Å². The molecule has 2 N–H and O–H groups in total. The summed E-state index contributed by atoms with van der Waals surface area (Å²) in [7, 11) is 0.655. The molecule has 2 aliphatic rings. The molecule has 0 radical (unpaired) electrons. The maximum absolute atomic E-state index is 14.9. The molecule has 1 aliphatic heterocycles. The van der Waals surface area contributed by atoms with E-state index in [9.17, 15) is 27.2 Å². The zero-order valence-electron chi connectivity index (χ0n) is 22.4. The first-order chi connectivity index (χ1) is 18.8. The Bertz CT molecular complexity index is 2050. The van der Waals surface area contributed by atoms with Gasteiger partial charge in [-0.05, 0) is 44.4 Å². The predicted molar refractivity (Wildman–Crippen MR) is 147 cm³/mol. The molecule has 1 fully saturated rings. The van der Waals surface area contributed by atoms with Crippen molar-refractivity contribution in [3.8, 4) is 5.95 Å². The number of pyridine rings is 1. The van der Waals surface area contributed by atoms with Crippen LogP contribution >= 0.6 is 0 Å². The van der Waals surface area contributed by atoms with E-state index in [4.69, 9.17) is 0 Å². The van der Waals surface area contributed by atoms with Crippen LogP contribution in [0.5, 0.6) is 0 Å². The van der Waals surface area contributed by atoms with Crippen LogP contribution in [0.4, 0.5) is 21.7 Å². The number of fused-ring (bicyclic) bond motifs is 2. The summed E-state index contributed by atoms with van der Waals surface area (Å²) in [5, 5.41) is 2.92. The normalized spacial score (nSPS) is 16.6. The number of anilines is 3. The number of hydrogen-bond acceptors (Lipinski definition) is 7. The average Bonchev–Trinajstić information content (AvgIpc) is 3.67. The minimum atomic E-state index is -3.83. The van der Waals surface area contributed by atoms with Gasteiger partial charge in [-0.15, -0.1) is 0 Å². The summed E-state index contributed by atoms with van der Waals surface area (Å²) in [4.78, 5) is 45.9. The van der Waals surface area contributed by atoms with Crippen molar-refractivity contribution in [3.63, 3.8) is 0 Å². The summed E-state index contributed by atoms with van der Waals surface area (Å²) in [6.45, 7) is 3.22. The lowest BCUT2D eigenvalue weighted by Gasteiger charge is -2.23. The molecule has 15 heteroatoms. The van der Waals surface area contributed by atoms with Gasteiger partial charge in [-0.25, -0.2) is 13.8 Å². The van der Waals surface area contributed by atoms with Crippen LogP contribution in [-0.2, 0) is 30.8 Å². The number of halogens is 1. The molecular formula is C25H27FN8O5S. The lowest BCUT2D eigenvalue weighted by molar-refractivity contribution is 0.455. The standard InChI is InChI=1S/C25H27FN8O5S/c1-12-6-9-16(15(26)10-12)27-21-18-19(13(2)22(35)32(21)5)34(25(37)33(23(18)36)14-7-8-14)24-28-20-17(31(24)4)11-30(3)40(38,39)29-20/h6,9-10,14,27,29H,7-8,11H2,1-5H3. The highest BCUT2D eigenvalue weighted by atomic mass is 32.2. The van der Waals surface area contributed by atoms with Crippen LogP contribution in [0.3, 0.4) is 0 Å². The first-order valence-corrected chi connectivity index (χ1v) is 14.0. The second-order valence-corrected chi connectivity index (χ2v) is 12.1. The van der Waals surface area contributed by atoms with Gasteiger partial charge in [0.05, 0.1) is 23.4 Å². The fourth-order valence-electron chi connectivity index (χ4n) is 5.13. The summed E-state index contributed by atoms with van der Waals surface area (Å²) in [6.07, 6.45) is 1.23. The Hall–Kier alpha value is -4.24. The van der Waals surface area contributed by atoms with E-state index < -0.39 is 32.8 Å².